The number of hydrogen-bond donors (Lipinski definition) is 2. The van der Waals surface area contributed by atoms with Crippen molar-refractivity contribution in [2.24, 2.45) is 18.4 Å². The molecule has 4 aliphatic rings. The van der Waals surface area contributed by atoms with Crippen LogP contribution in [0.15, 0.2) is 53.6 Å². The predicted octanol–water partition coefficient (Wildman–Crippen LogP) is 6.93. The highest BCUT2D eigenvalue weighted by atomic mass is 32.2. The van der Waals surface area contributed by atoms with Gasteiger partial charge in [0.25, 0.3) is 5.56 Å². The number of ether oxygens (including phenoxy) is 1. The molecule has 9 rings (SSSR count). The van der Waals surface area contributed by atoms with Crippen molar-refractivity contribution in [1.29, 1.82) is 5.26 Å². The van der Waals surface area contributed by atoms with Gasteiger partial charge >= 0.3 is 6.03 Å². The molecule has 0 unspecified atom stereocenters. The number of nitrogens with one attached hydrogen (secondary N) is 2. The second-order valence-corrected chi connectivity index (χ2v) is 18.1. The fraction of sp³-hybridized carbons (Fsp3) is 0.455. The lowest BCUT2D eigenvalue weighted by atomic mass is 9.60. The number of amides is 3. The third kappa shape index (κ3) is 7.93. The molecule has 5 aromatic rings. The smallest absolute Gasteiger partial charge is 0.329 e. The largest absolute Gasteiger partial charge is 0.453 e. The number of carbonyl (C=O) groups is 2. The summed E-state index contributed by atoms with van der Waals surface area (Å²) in [5, 5.41) is 17.7. The molecule has 62 heavy (non-hydrogen) atoms. The quantitative estimate of drug-likeness (QED) is 0.132. The van der Waals surface area contributed by atoms with Gasteiger partial charge in [-0.1, -0.05) is 6.92 Å². The van der Waals surface area contributed by atoms with Crippen LogP contribution in [-0.2, 0) is 11.8 Å². The summed E-state index contributed by atoms with van der Waals surface area (Å²) in [4.78, 5) is 48.7. The highest BCUT2D eigenvalue weighted by molar-refractivity contribution is 7.98. The number of aryl methyl sites for hydroxylation is 1. The molecule has 324 valence electrons. The summed E-state index contributed by atoms with van der Waals surface area (Å²) in [5.41, 5.74) is 2.23. The molecular weight excluding hydrogens is 817 g/mol. The zero-order valence-electron chi connectivity index (χ0n) is 35.0. The fourth-order valence-electron chi connectivity index (χ4n) is 9.53. The van der Waals surface area contributed by atoms with E-state index in [2.05, 4.69) is 36.0 Å². The summed E-state index contributed by atoms with van der Waals surface area (Å²) in [6.45, 7) is 7.45. The van der Waals surface area contributed by atoms with E-state index in [1.165, 1.54) is 35.2 Å². The van der Waals surface area contributed by atoms with Crippen LogP contribution in [0.2, 0.25) is 0 Å². The Labute approximate surface area is 361 Å². The number of rotatable bonds is 11. The van der Waals surface area contributed by atoms with Crippen LogP contribution in [0.4, 0.5) is 30.8 Å². The Kier molecular flexibility index (Phi) is 11.3. The number of hydrogen-bond acceptors (Lipinski definition) is 12. The fourth-order valence-corrected chi connectivity index (χ4v) is 10.1. The summed E-state index contributed by atoms with van der Waals surface area (Å²) in [7, 11) is 3.67. The van der Waals surface area contributed by atoms with Crippen LogP contribution >= 0.6 is 12.1 Å². The molecule has 4 fully saturated rings. The molecular formula is C44H49F2N11O4S. The molecule has 2 N–H and O–H groups in total. The van der Waals surface area contributed by atoms with Gasteiger partial charge in [0, 0.05) is 69.8 Å². The van der Waals surface area contributed by atoms with E-state index in [0.717, 1.165) is 83.3 Å². The van der Waals surface area contributed by atoms with E-state index in [1.807, 2.05) is 24.3 Å². The average Bonchev–Trinajstić information content (AvgIpc) is 3.57. The maximum atomic E-state index is 15.7. The SMILES string of the molecule is CCN(C)SNc1ccc(F)c(Oc2ccc3ncn(C4CC5(CCN(CC6CCN(c7cc8c(cc7F)c(N7CCC(=O)NC7=O)nn8C)CC6)CC5)C4)c(=O)c3c2)c1C#N. The van der Waals surface area contributed by atoms with Crippen molar-refractivity contribution in [3.8, 4) is 17.6 Å². The monoisotopic (exact) mass is 865 g/mol. The molecule has 1 spiro atoms. The lowest BCUT2D eigenvalue weighted by molar-refractivity contribution is -0.120. The summed E-state index contributed by atoms with van der Waals surface area (Å²) in [5.74, 6) is -0.492. The summed E-state index contributed by atoms with van der Waals surface area (Å²) < 4.78 is 45.1. The summed E-state index contributed by atoms with van der Waals surface area (Å²) in [6, 6.07) is 12.5. The number of nitrogens with zero attached hydrogens (tertiary/aromatic N) is 9. The maximum Gasteiger partial charge on any atom is 0.329 e. The van der Waals surface area contributed by atoms with E-state index in [1.54, 1.807) is 40.8 Å². The van der Waals surface area contributed by atoms with Gasteiger partial charge in [-0.15, -0.1) is 0 Å². The van der Waals surface area contributed by atoms with Gasteiger partial charge in [-0.05, 0) is 112 Å². The Morgan fingerprint density at radius 1 is 1.02 bits per heavy atom. The molecule has 1 saturated carbocycles. The van der Waals surface area contributed by atoms with Crippen molar-refractivity contribution >= 4 is 63.1 Å². The van der Waals surface area contributed by atoms with Crippen molar-refractivity contribution in [3.63, 3.8) is 0 Å². The molecule has 0 bridgehead atoms. The van der Waals surface area contributed by atoms with E-state index >= 15 is 8.78 Å². The average molecular weight is 866 g/mol. The van der Waals surface area contributed by atoms with Crippen LogP contribution in [0.1, 0.15) is 63.5 Å². The number of anilines is 3. The minimum atomic E-state index is -0.683. The Balaban J connectivity index is 0.788. The minimum Gasteiger partial charge on any atom is -0.453 e. The van der Waals surface area contributed by atoms with Crippen molar-refractivity contribution in [3.05, 3.63) is 76.3 Å². The van der Waals surface area contributed by atoms with E-state index in [0.29, 0.717) is 39.4 Å². The Morgan fingerprint density at radius 3 is 2.52 bits per heavy atom. The molecule has 3 saturated heterocycles. The molecule has 3 aromatic carbocycles. The standard InChI is InChI=1S/C44H49F2N11O4S/c1-4-52(2)62-51-36-8-6-33(45)40(32(36)24-47)61-29-5-7-35-30(19-29)42(59)57(26-48-35)28-22-44(23-28)12-17-54(18-13-44)25-27-9-14-55(15-10-27)38-21-37-31(20-34(38)46)41(50-53(37)3)56-16-11-39(58)49-43(56)60/h5-8,19-21,26-28,51H,4,9-18,22-23,25H2,1-3H3,(H,49,58,60). The molecule has 1 aliphatic carbocycles. The first-order valence-electron chi connectivity index (χ1n) is 21.2. The number of halogens is 2. The third-order valence-corrected chi connectivity index (χ3v) is 14.2. The molecule has 3 amide bonds. The molecule has 5 heterocycles. The lowest BCUT2D eigenvalue weighted by Crippen LogP contribution is -2.50. The number of carbonyl (C=O) groups excluding carboxylic acids is 2. The van der Waals surface area contributed by atoms with Crippen molar-refractivity contribution in [2.75, 3.05) is 67.4 Å². The van der Waals surface area contributed by atoms with Gasteiger partial charge in [0.2, 0.25) is 5.91 Å². The third-order valence-electron chi connectivity index (χ3n) is 13.3. The number of benzene rings is 3. The van der Waals surface area contributed by atoms with E-state index < -0.39 is 11.8 Å². The van der Waals surface area contributed by atoms with Crippen LogP contribution in [0.5, 0.6) is 11.5 Å². The number of fused-ring (bicyclic) bond motifs is 2. The van der Waals surface area contributed by atoms with E-state index in [9.17, 15) is 19.6 Å². The number of likely N-dealkylation sites (tertiary alicyclic amines) is 1. The highest BCUT2D eigenvalue weighted by Crippen LogP contribution is 2.54. The number of aromatic nitrogens is 4. The second-order valence-electron chi connectivity index (χ2n) is 17.1. The van der Waals surface area contributed by atoms with Crippen LogP contribution in [0, 0.1) is 34.3 Å². The zero-order chi connectivity index (χ0) is 43.3. The van der Waals surface area contributed by atoms with Crippen LogP contribution in [-0.4, -0.2) is 93.3 Å². The maximum absolute atomic E-state index is 15.7. The molecule has 15 nitrogen and oxygen atoms in total. The first-order chi connectivity index (χ1) is 29.9. The zero-order valence-corrected chi connectivity index (χ0v) is 35.8. The lowest BCUT2D eigenvalue weighted by Gasteiger charge is -2.53. The Hall–Kier alpha value is -5.77. The first kappa shape index (κ1) is 41.6. The van der Waals surface area contributed by atoms with Gasteiger partial charge in [0.05, 0.1) is 34.1 Å². The highest BCUT2D eigenvalue weighted by Gasteiger charge is 2.47. The van der Waals surface area contributed by atoms with Crippen LogP contribution in [0.3, 0.4) is 0 Å². The molecule has 18 heteroatoms. The summed E-state index contributed by atoms with van der Waals surface area (Å²) in [6.07, 6.45) is 7.66. The van der Waals surface area contributed by atoms with Gasteiger partial charge in [-0.3, -0.25) is 29.1 Å². The van der Waals surface area contributed by atoms with Crippen molar-refractivity contribution < 1.29 is 23.1 Å². The predicted molar refractivity (Wildman–Crippen MR) is 234 cm³/mol. The molecule has 0 atom stereocenters. The van der Waals surface area contributed by atoms with Gasteiger partial charge in [0.15, 0.2) is 17.4 Å². The number of piperidine rings is 2. The number of urea groups is 1. The minimum absolute atomic E-state index is 0.0261. The van der Waals surface area contributed by atoms with Gasteiger partial charge in [-0.2, -0.15) is 10.4 Å². The van der Waals surface area contributed by atoms with Gasteiger partial charge in [0.1, 0.15) is 23.2 Å². The Morgan fingerprint density at radius 2 is 1.79 bits per heavy atom. The Bertz CT molecular complexity index is 2660. The molecule has 2 aromatic heterocycles. The first-order valence-corrected chi connectivity index (χ1v) is 22.0. The van der Waals surface area contributed by atoms with E-state index in [4.69, 9.17) is 4.74 Å². The van der Waals surface area contributed by atoms with Gasteiger partial charge in [-0.25, -0.2) is 22.9 Å². The molecule has 3 aliphatic heterocycles. The van der Waals surface area contributed by atoms with Crippen molar-refractivity contribution in [2.45, 2.75) is 57.9 Å². The normalized spacial score (nSPS) is 18.7. The topological polar surface area (TPSA) is 157 Å². The van der Waals surface area contributed by atoms with Crippen LogP contribution < -0.4 is 30.1 Å². The number of nitriles is 1. The van der Waals surface area contributed by atoms with E-state index in [-0.39, 0.29) is 58.8 Å². The summed E-state index contributed by atoms with van der Waals surface area (Å²) >= 11 is 1.29. The van der Waals surface area contributed by atoms with Crippen LogP contribution in [0.25, 0.3) is 21.8 Å². The molecule has 0 radical (unpaired) electrons. The van der Waals surface area contributed by atoms with Crippen molar-refractivity contribution in [1.82, 2.24) is 33.9 Å². The van der Waals surface area contributed by atoms with Gasteiger partial charge < -0.3 is 19.3 Å². The number of imide groups is 1. The second kappa shape index (κ2) is 16.8.